The molecular weight excluding hydrogens is 454 g/mol. The van der Waals surface area contributed by atoms with Crippen molar-refractivity contribution >= 4 is 23.3 Å². The maximum Gasteiger partial charge on any atom is 0.342 e. The van der Waals surface area contributed by atoms with Crippen LogP contribution in [-0.4, -0.2) is 64.6 Å². The molecule has 2 aliphatic heterocycles. The Labute approximate surface area is 203 Å². The number of aromatic hydroxyl groups is 1. The van der Waals surface area contributed by atoms with E-state index in [1.807, 2.05) is 0 Å². The van der Waals surface area contributed by atoms with E-state index >= 15 is 0 Å². The van der Waals surface area contributed by atoms with Crippen LogP contribution < -0.4 is 0 Å². The number of piperidine rings is 1. The monoisotopic (exact) mass is 485 g/mol. The number of hydrogen-bond acceptors (Lipinski definition) is 9. The van der Waals surface area contributed by atoms with Gasteiger partial charge >= 0.3 is 5.97 Å². The van der Waals surface area contributed by atoms with Crippen LogP contribution >= 0.6 is 0 Å². The first-order chi connectivity index (χ1) is 16.9. The van der Waals surface area contributed by atoms with Gasteiger partial charge in [0.15, 0.2) is 6.61 Å². The second-order valence-electron chi connectivity index (χ2n) is 8.65. The molecule has 10 heteroatoms. The molecule has 2 heterocycles. The molecular formula is C25H31N3O7. The number of ether oxygens (including phenoxy) is 1. The number of nitrogens with zero attached hydrogens (tertiary/aromatic N) is 3. The molecule has 3 rings (SSSR count). The van der Waals surface area contributed by atoms with Crippen LogP contribution in [0.3, 0.4) is 0 Å². The molecule has 35 heavy (non-hydrogen) atoms. The van der Waals surface area contributed by atoms with E-state index in [1.54, 1.807) is 36.1 Å². The summed E-state index contributed by atoms with van der Waals surface area (Å²) < 4.78 is 5.45. The van der Waals surface area contributed by atoms with E-state index in [0.29, 0.717) is 31.6 Å². The molecule has 0 saturated carbocycles. The SMILES string of the molecule is C[C@@H]1C/C=C/[C@@H](O)C/C=C/C(=N\OCC(=O)N2CCCCC2)Cc2cc(N=O)cc(O)c2C(=O)O1. The number of esters is 1. The number of fused-ring (bicyclic) bond motifs is 1. The Kier molecular flexibility index (Phi) is 9.54. The van der Waals surface area contributed by atoms with Crippen LogP contribution in [0.2, 0.25) is 0 Å². The standard InChI is InChI=1S/C25H31N3O7/c1-17-7-5-9-21(29)10-6-8-19(27-34-16-23(31)28-11-3-2-4-12-28)13-18-14-20(26-33)15-22(30)24(18)25(32)35-17/h5-6,8-9,14-15,17,21,29-30H,2-4,7,10-13,16H2,1H3/b8-6+,9-5+,27-19+/t17-,21-/m1/s1. The van der Waals surface area contributed by atoms with E-state index in [-0.39, 0.29) is 35.7 Å². The number of aliphatic hydroxyl groups excluding tert-OH is 1. The van der Waals surface area contributed by atoms with Gasteiger partial charge in [0.2, 0.25) is 0 Å². The Morgan fingerprint density at radius 2 is 1.97 bits per heavy atom. The summed E-state index contributed by atoms with van der Waals surface area (Å²) in [4.78, 5) is 43.4. The molecule has 0 aromatic heterocycles. The number of carbonyl (C=O) groups excluding carboxylic acids is 2. The molecule has 0 radical (unpaired) electrons. The molecule has 1 aromatic carbocycles. The fraction of sp³-hybridized carbons (Fsp3) is 0.480. The molecule has 2 atom stereocenters. The van der Waals surface area contributed by atoms with Crippen molar-refractivity contribution in [2.75, 3.05) is 19.7 Å². The molecule has 0 spiro atoms. The van der Waals surface area contributed by atoms with Crippen molar-refractivity contribution in [3.63, 3.8) is 0 Å². The Morgan fingerprint density at radius 1 is 1.20 bits per heavy atom. The summed E-state index contributed by atoms with van der Waals surface area (Å²) in [6.45, 7) is 2.84. The average molecular weight is 486 g/mol. The first-order valence-corrected chi connectivity index (χ1v) is 11.8. The molecule has 0 bridgehead atoms. The number of rotatable bonds is 4. The first kappa shape index (κ1) is 26.1. The van der Waals surface area contributed by atoms with Gasteiger partial charge < -0.3 is 24.7 Å². The zero-order valence-electron chi connectivity index (χ0n) is 19.8. The quantitative estimate of drug-likeness (QED) is 0.288. The third kappa shape index (κ3) is 7.74. The summed E-state index contributed by atoms with van der Waals surface area (Å²) in [5, 5.41) is 27.6. The van der Waals surface area contributed by atoms with Crippen LogP contribution in [0, 0.1) is 4.91 Å². The largest absolute Gasteiger partial charge is 0.507 e. The zero-order chi connectivity index (χ0) is 25.2. The Hall–Kier alpha value is -3.53. The lowest BCUT2D eigenvalue weighted by molar-refractivity contribution is -0.137. The van der Waals surface area contributed by atoms with Crippen LogP contribution in [0.15, 0.2) is 46.8 Å². The summed E-state index contributed by atoms with van der Waals surface area (Å²) in [5.74, 6) is -1.36. The van der Waals surface area contributed by atoms with Gasteiger partial charge in [0, 0.05) is 32.0 Å². The van der Waals surface area contributed by atoms with Crippen molar-refractivity contribution in [1.82, 2.24) is 4.90 Å². The number of hydrogen-bond donors (Lipinski definition) is 2. The molecule has 1 saturated heterocycles. The minimum Gasteiger partial charge on any atom is -0.507 e. The van der Waals surface area contributed by atoms with Gasteiger partial charge in [-0.05, 0) is 55.5 Å². The van der Waals surface area contributed by atoms with Gasteiger partial charge in [0.1, 0.15) is 23.1 Å². The van der Waals surface area contributed by atoms with Gasteiger partial charge in [-0.1, -0.05) is 23.4 Å². The number of aliphatic hydroxyl groups is 1. The molecule has 2 aliphatic rings. The third-order valence-corrected chi connectivity index (χ3v) is 5.77. The Balaban J connectivity index is 1.89. The summed E-state index contributed by atoms with van der Waals surface area (Å²) in [7, 11) is 0. The number of carbonyl (C=O) groups is 2. The lowest BCUT2D eigenvalue weighted by atomic mass is 9.99. The molecule has 188 valence electrons. The van der Waals surface area contributed by atoms with Crippen LogP contribution in [-0.2, 0) is 20.8 Å². The van der Waals surface area contributed by atoms with Crippen molar-refractivity contribution in [1.29, 1.82) is 0 Å². The fourth-order valence-electron chi connectivity index (χ4n) is 3.96. The number of allylic oxidation sites excluding steroid dienone is 1. The van der Waals surface area contributed by atoms with E-state index in [4.69, 9.17) is 9.57 Å². The van der Waals surface area contributed by atoms with Crippen molar-refractivity contribution < 1.29 is 29.4 Å². The molecule has 1 fully saturated rings. The van der Waals surface area contributed by atoms with E-state index in [0.717, 1.165) is 25.3 Å². The molecule has 1 amide bonds. The van der Waals surface area contributed by atoms with E-state index in [2.05, 4.69) is 10.3 Å². The molecule has 10 nitrogen and oxygen atoms in total. The predicted molar refractivity (Wildman–Crippen MR) is 129 cm³/mol. The maximum atomic E-state index is 12.9. The first-order valence-electron chi connectivity index (χ1n) is 11.8. The van der Waals surface area contributed by atoms with Crippen molar-refractivity contribution in [3.05, 3.63) is 52.5 Å². The smallest absolute Gasteiger partial charge is 0.342 e. The van der Waals surface area contributed by atoms with Crippen LogP contribution in [0.5, 0.6) is 5.75 Å². The summed E-state index contributed by atoms with van der Waals surface area (Å²) in [6, 6.07) is 2.47. The highest BCUT2D eigenvalue weighted by molar-refractivity contribution is 6.00. The highest BCUT2D eigenvalue weighted by Crippen LogP contribution is 2.30. The second kappa shape index (κ2) is 12.8. The number of oxime groups is 1. The fourth-order valence-corrected chi connectivity index (χ4v) is 3.96. The lowest BCUT2D eigenvalue weighted by Crippen LogP contribution is -2.37. The van der Waals surface area contributed by atoms with Crippen molar-refractivity contribution in [2.45, 2.75) is 57.7 Å². The van der Waals surface area contributed by atoms with Crippen LogP contribution in [0.25, 0.3) is 0 Å². The van der Waals surface area contributed by atoms with Gasteiger partial charge in [0.05, 0.1) is 11.8 Å². The predicted octanol–water partition coefficient (Wildman–Crippen LogP) is 3.53. The minimum atomic E-state index is -0.766. The molecule has 0 unspecified atom stereocenters. The number of likely N-dealkylation sites (tertiary alicyclic amines) is 1. The van der Waals surface area contributed by atoms with Crippen molar-refractivity contribution in [3.8, 4) is 5.75 Å². The van der Waals surface area contributed by atoms with Gasteiger partial charge in [-0.25, -0.2) is 4.79 Å². The molecule has 1 aromatic rings. The van der Waals surface area contributed by atoms with Gasteiger partial charge in [-0.3, -0.25) is 4.79 Å². The molecule has 0 aliphatic carbocycles. The zero-order valence-corrected chi connectivity index (χ0v) is 19.8. The number of nitroso groups, excluding NO2 is 1. The number of phenolic OH excluding ortho intramolecular Hbond substituents is 1. The van der Waals surface area contributed by atoms with E-state index < -0.39 is 23.9 Å². The summed E-state index contributed by atoms with van der Waals surface area (Å²) >= 11 is 0. The third-order valence-electron chi connectivity index (χ3n) is 5.77. The topological polar surface area (TPSA) is 138 Å². The van der Waals surface area contributed by atoms with Gasteiger partial charge in [0.25, 0.3) is 5.91 Å². The van der Waals surface area contributed by atoms with Crippen LogP contribution in [0.1, 0.15) is 54.9 Å². The second-order valence-corrected chi connectivity index (χ2v) is 8.65. The van der Waals surface area contributed by atoms with E-state index in [9.17, 15) is 24.7 Å². The number of cyclic esters (lactones) is 1. The number of benzene rings is 1. The van der Waals surface area contributed by atoms with Crippen LogP contribution in [0.4, 0.5) is 5.69 Å². The summed E-state index contributed by atoms with van der Waals surface area (Å²) in [6.07, 6.45) is 9.03. The van der Waals surface area contributed by atoms with Gasteiger partial charge in [-0.15, -0.1) is 4.91 Å². The lowest BCUT2D eigenvalue weighted by Gasteiger charge is -2.26. The maximum absolute atomic E-state index is 12.9. The Bertz CT molecular complexity index is 1010. The minimum absolute atomic E-state index is 0.0178. The van der Waals surface area contributed by atoms with Crippen molar-refractivity contribution in [2.24, 2.45) is 10.3 Å². The summed E-state index contributed by atoms with van der Waals surface area (Å²) in [5.41, 5.74) is 0.412. The Morgan fingerprint density at radius 3 is 2.71 bits per heavy atom. The molecule has 2 N–H and O–H groups in total. The highest BCUT2D eigenvalue weighted by atomic mass is 16.6. The van der Waals surface area contributed by atoms with Gasteiger partial charge in [-0.2, -0.15) is 0 Å². The average Bonchev–Trinajstić information content (AvgIpc) is 2.83. The number of phenols is 1. The van der Waals surface area contributed by atoms with E-state index in [1.165, 1.54) is 6.07 Å². The highest BCUT2D eigenvalue weighted by Gasteiger charge is 2.23. The number of amides is 1. The normalized spacial score (nSPS) is 24.6.